The fourth-order valence-electron chi connectivity index (χ4n) is 2.82. The molecule has 0 bridgehead atoms. The van der Waals surface area contributed by atoms with Crippen LogP contribution in [0.5, 0.6) is 0 Å². The van der Waals surface area contributed by atoms with Crippen molar-refractivity contribution in [3.05, 3.63) is 64.2 Å². The summed E-state index contributed by atoms with van der Waals surface area (Å²) in [5.41, 5.74) is 0.440. The van der Waals surface area contributed by atoms with Crippen LogP contribution in [0, 0.1) is 18.6 Å². The lowest BCUT2D eigenvalue weighted by Crippen LogP contribution is -2.52. The number of rotatable bonds is 3. The van der Waals surface area contributed by atoms with Gasteiger partial charge in [-0.05, 0) is 42.3 Å². The fourth-order valence-corrected chi connectivity index (χ4v) is 4.98. The molecule has 26 heavy (non-hydrogen) atoms. The summed E-state index contributed by atoms with van der Waals surface area (Å²) >= 11 is 5.96. The third kappa shape index (κ3) is 3.32. The SMILES string of the molecule is Cc1cc(S(=O)(=O)N2CCNC(=O)C2c2ccc(F)cc2)c(Cl)cc1F. The normalized spacial score (nSPS) is 18.6. The maximum Gasteiger partial charge on any atom is 0.245 e. The molecule has 0 aromatic heterocycles. The summed E-state index contributed by atoms with van der Waals surface area (Å²) in [6.45, 7) is 1.54. The van der Waals surface area contributed by atoms with Crippen LogP contribution in [-0.4, -0.2) is 31.7 Å². The molecule has 1 unspecified atom stereocenters. The Labute approximate surface area is 154 Å². The first-order valence-corrected chi connectivity index (χ1v) is 9.54. The second-order valence-electron chi connectivity index (χ2n) is 5.89. The molecule has 1 N–H and O–H groups in total. The summed E-state index contributed by atoms with van der Waals surface area (Å²) in [7, 11) is -4.19. The Bertz CT molecular complexity index is 965. The zero-order chi connectivity index (χ0) is 19.1. The monoisotopic (exact) mass is 400 g/mol. The third-order valence-corrected chi connectivity index (χ3v) is 6.48. The summed E-state index contributed by atoms with van der Waals surface area (Å²) in [6, 6.07) is 5.90. The smallest absolute Gasteiger partial charge is 0.245 e. The van der Waals surface area contributed by atoms with Crippen LogP contribution < -0.4 is 5.32 Å². The van der Waals surface area contributed by atoms with E-state index in [1.807, 2.05) is 0 Å². The third-order valence-electron chi connectivity index (χ3n) is 4.15. The molecule has 1 aliphatic heterocycles. The van der Waals surface area contributed by atoms with E-state index >= 15 is 0 Å². The molecule has 1 atom stereocenters. The standard InChI is InChI=1S/C17H15ClF2N2O3S/c1-10-8-15(13(18)9-14(10)20)26(24,25)22-7-6-21-17(23)16(22)11-2-4-12(19)5-3-11/h2-5,8-9,16H,6-7H2,1H3,(H,21,23). The number of carbonyl (C=O) groups is 1. The molecule has 9 heteroatoms. The van der Waals surface area contributed by atoms with Gasteiger partial charge in [0, 0.05) is 13.1 Å². The van der Waals surface area contributed by atoms with Gasteiger partial charge >= 0.3 is 0 Å². The van der Waals surface area contributed by atoms with Crippen molar-refractivity contribution in [3.8, 4) is 0 Å². The van der Waals surface area contributed by atoms with Crippen LogP contribution in [0.3, 0.4) is 0 Å². The highest BCUT2D eigenvalue weighted by atomic mass is 35.5. The van der Waals surface area contributed by atoms with E-state index in [9.17, 15) is 22.0 Å². The van der Waals surface area contributed by atoms with Gasteiger partial charge in [0.2, 0.25) is 15.9 Å². The molecule has 1 heterocycles. The van der Waals surface area contributed by atoms with E-state index in [0.717, 1.165) is 28.6 Å². The molecule has 138 valence electrons. The van der Waals surface area contributed by atoms with E-state index in [2.05, 4.69) is 5.32 Å². The average molecular weight is 401 g/mol. The minimum absolute atomic E-state index is 0.00285. The van der Waals surface area contributed by atoms with Crippen molar-refractivity contribution in [1.29, 1.82) is 0 Å². The van der Waals surface area contributed by atoms with Crippen molar-refractivity contribution in [2.75, 3.05) is 13.1 Å². The Kier molecular flexibility index (Phi) is 5.01. The van der Waals surface area contributed by atoms with Gasteiger partial charge in [-0.3, -0.25) is 4.79 Å². The maximum absolute atomic E-state index is 13.6. The Balaban J connectivity index is 2.11. The molecule has 1 amide bonds. The molecule has 1 aliphatic rings. The topological polar surface area (TPSA) is 66.5 Å². The molecule has 3 rings (SSSR count). The highest BCUT2D eigenvalue weighted by Gasteiger charge is 2.40. The quantitative estimate of drug-likeness (QED) is 0.861. The Morgan fingerprint density at radius 2 is 1.85 bits per heavy atom. The minimum atomic E-state index is -4.19. The van der Waals surface area contributed by atoms with Gasteiger partial charge < -0.3 is 5.32 Å². The number of sulfonamides is 1. The number of halogens is 3. The molecule has 0 aliphatic carbocycles. The van der Waals surface area contributed by atoms with E-state index in [1.54, 1.807) is 0 Å². The molecule has 0 spiro atoms. The molecule has 0 saturated carbocycles. The largest absolute Gasteiger partial charge is 0.353 e. The second-order valence-corrected chi connectivity index (χ2v) is 8.16. The van der Waals surface area contributed by atoms with Gasteiger partial charge in [-0.2, -0.15) is 4.31 Å². The molecule has 1 fully saturated rings. The van der Waals surface area contributed by atoms with Gasteiger partial charge in [-0.15, -0.1) is 0 Å². The van der Waals surface area contributed by atoms with Crippen LogP contribution >= 0.6 is 11.6 Å². The number of piperazine rings is 1. The van der Waals surface area contributed by atoms with Crippen molar-refractivity contribution < 1.29 is 22.0 Å². The van der Waals surface area contributed by atoms with Crippen molar-refractivity contribution >= 4 is 27.5 Å². The first-order valence-electron chi connectivity index (χ1n) is 7.72. The lowest BCUT2D eigenvalue weighted by Gasteiger charge is -2.34. The van der Waals surface area contributed by atoms with E-state index < -0.39 is 33.6 Å². The average Bonchev–Trinajstić information content (AvgIpc) is 2.58. The van der Waals surface area contributed by atoms with E-state index in [-0.39, 0.29) is 28.6 Å². The van der Waals surface area contributed by atoms with Gasteiger partial charge in [-0.25, -0.2) is 17.2 Å². The molecule has 5 nitrogen and oxygen atoms in total. The van der Waals surface area contributed by atoms with Crippen LogP contribution in [0.15, 0.2) is 41.3 Å². The predicted molar refractivity (Wildman–Crippen MR) is 92.2 cm³/mol. The number of nitrogens with one attached hydrogen (secondary N) is 1. The van der Waals surface area contributed by atoms with Crippen LogP contribution in [0.2, 0.25) is 5.02 Å². The Hall–Kier alpha value is -2.03. The first-order chi connectivity index (χ1) is 12.2. The zero-order valence-electron chi connectivity index (χ0n) is 13.7. The van der Waals surface area contributed by atoms with Gasteiger partial charge in [0.1, 0.15) is 22.6 Å². The van der Waals surface area contributed by atoms with Gasteiger partial charge in [0.25, 0.3) is 0 Å². The Morgan fingerprint density at radius 3 is 2.50 bits per heavy atom. The van der Waals surface area contributed by atoms with Crippen LogP contribution in [-0.2, 0) is 14.8 Å². The maximum atomic E-state index is 13.6. The first kappa shape index (κ1) is 18.8. The second kappa shape index (κ2) is 6.94. The van der Waals surface area contributed by atoms with Crippen LogP contribution in [0.4, 0.5) is 8.78 Å². The van der Waals surface area contributed by atoms with Crippen LogP contribution in [0.1, 0.15) is 17.2 Å². The summed E-state index contributed by atoms with van der Waals surface area (Å²) < 4.78 is 54.1. The molecule has 2 aromatic rings. The summed E-state index contributed by atoms with van der Waals surface area (Å²) in [5.74, 6) is -1.65. The highest BCUT2D eigenvalue weighted by molar-refractivity contribution is 7.89. The van der Waals surface area contributed by atoms with Gasteiger partial charge in [-0.1, -0.05) is 23.7 Å². The van der Waals surface area contributed by atoms with Crippen molar-refractivity contribution in [1.82, 2.24) is 9.62 Å². The number of carbonyl (C=O) groups excluding carboxylic acids is 1. The number of hydrogen-bond donors (Lipinski definition) is 1. The summed E-state index contributed by atoms with van der Waals surface area (Å²) in [5, 5.41) is 2.34. The number of amides is 1. The van der Waals surface area contributed by atoms with Crippen molar-refractivity contribution in [2.45, 2.75) is 17.9 Å². The highest BCUT2D eigenvalue weighted by Crippen LogP contribution is 2.33. The lowest BCUT2D eigenvalue weighted by molar-refractivity contribution is -0.126. The number of nitrogens with zero attached hydrogens (tertiary/aromatic N) is 1. The number of benzene rings is 2. The van der Waals surface area contributed by atoms with E-state index in [0.29, 0.717) is 5.56 Å². The molecular formula is C17H15ClF2N2O3S. The van der Waals surface area contributed by atoms with E-state index in [4.69, 9.17) is 11.6 Å². The summed E-state index contributed by atoms with van der Waals surface area (Å²) in [4.78, 5) is 12.1. The molecule has 0 radical (unpaired) electrons. The number of aryl methyl sites for hydroxylation is 1. The predicted octanol–water partition coefficient (Wildman–Crippen LogP) is 2.79. The number of hydrogen-bond acceptors (Lipinski definition) is 3. The van der Waals surface area contributed by atoms with Gasteiger partial charge in [0.15, 0.2) is 0 Å². The van der Waals surface area contributed by atoms with E-state index in [1.165, 1.54) is 19.1 Å². The zero-order valence-corrected chi connectivity index (χ0v) is 15.2. The van der Waals surface area contributed by atoms with Crippen molar-refractivity contribution in [3.63, 3.8) is 0 Å². The summed E-state index contributed by atoms with van der Waals surface area (Å²) in [6.07, 6.45) is 0. The van der Waals surface area contributed by atoms with Gasteiger partial charge in [0.05, 0.1) is 5.02 Å². The molecule has 1 saturated heterocycles. The minimum Gasteiger partial charge on any atom is -0.353 e. The Morgan fingerprint density at radius 1 is 1.19 bits per heavy atom. The van der Waals surface area contributed by atoms with Crippen LogP contribution in [0.25, 0.3) is 0 Å². The molecule has 2 aromatic carbocycles. The fraction of sp³-hybridized carbons (Fsp3) is 0.235. The lowest BCUT2D eigenvalue weighted by atomic mass is 10.0. The van der Waals surface area contributed by atoms with Crippen molar-refractivity contribution in [2.24, 2.45) is 0 Å². The molecular weight excluding hydrogens is 386 g/mol.